The molecule has 0 spiro atoms. The number of carbonyl (C=O) groups excluding carboxylic acids is 1. The summed E-state index contributed by atoms with van der Waals surface area (Å²) in [6.45, 7) is 6.59. The largest absolute Gasteiger partial charge is 0.386 e. The molecule has 0 aromatic heterocycles. The Balaban J connectivity index is 1.66. The van der Waals surface area contributed by atoms with E-state index in [1.807, 2.05) is 12.1 Å². The minimum atomic E-state index is -0.994. The Labute approximate surface area is 216 Å². The average molecular weight is 504 g/mol. The van der Waals surface area contributed by atoms with Crippen LogP contribution in [0.25, 0.3) is 10.8 Å². The van der Waals surface area contributed by atoms with Gasteiger partial charge < -0.3 is 10.4 Å². The van der Waals surface area contributed by atoms with Crippen molar-refractivity contribution in [1.82, 2.24) is 5.32 Å². The van der Waals surface area contributed by atoms with Crippen LogP contribution in [-0.4, -0.2) is 17.1 Å². The van der Waals surface area contributed by atoms with E-state index in [1.165, 1.54) is 17.7 Å². The van der Waals surface area contributed by atoms with Crippen LogP contribution >= 0.6 is 11.6 Å². The molecule has 0 heterocycles. The predicted molar refractivity (Wildman–Crippen MR) is 145 cm³/mol. The van der Waals surface area contributed by atoms with Gasteiger partial charge >= 0.3 is 0 Å². The number of fused-ring (bicyclic) bond motifs is 1. The van der Waals surface area contributed by atoms with Crippen molar-refractivity contribution in [1.29, 1.82) is 0 Å². The highest BCUT2D eigenvalue weighted by Gasteiger charge is 2.26. The van der Waals surface area contributed by atoms with Gasteiger partial charge in [0.1, 0.15) is 5.82 Å². The van der Waals surface area contributed by atoms with Crippen LogP contribution in [0.3, 0.4) is 0 Å². The van der Waals surface area contributed by atoms with Gasteiger partial charge in [0.25, 0.3) is 5.91 Å². The van der Waals surface area contributed by atoms with Gasteiger partial charge in [0.15, 0.2) is 0 Å². The van der Waals surface area contributed by atoms with Crippen molar-refractivity contribution in [2.75, 3.05) is 0 Å². The standard InChI is InChI=1S/C31H31ClFNO2/c1-4-31(2,3)22-14-12-20(13-15-22)18-28(29(35)21-8-7-9-23(32)19-21)34-30(36)26-16-17-27(33)25-11-6-5-10-24(25)26/h5-17,19,28-29,35H,4,18H2,1-3H3,(H,34,36). The van der Waals surface area contributed by atoms with Gasteiger partial charge in [-0.1, -0.05) is 93.0 Å². The third kappa shape index (κ3) is 5.61. The molecule has 5 heteroatoms. The fourth-order valence-electron chi connectivity index (χ4n) is 4.42. The van der Waals surface area contributed by atoms with E-state index in [0.29, 0.717) is 33.3 Å². The third-order valence-electron chi connectivity index (χ3n) is 7.08. The molecule has 2 atom stereocenters. The molecule has 1 amide bonds. The Morgan fingerprint density at radius 3 is 2.33 bits per heavy atom. The fourth-order valence-corrected chi connectivity index (χ4v) is 4.62. The van der Waals surface area contributed by atoms with E-state index in [1.54, 1.807) is 48.5 Å². The first-order valence-corrected chi connectivity index (χ1v) is 12.6. The maximum Gasteiger partial charge on any atom is 0.252 e. The first-order valence-electron chi connectivity index (χ1n) is 12.2. The van der Waals surface area contributed by atoms with Gasteiger partial charge in [0, 0.05) is 16.0 Å². The molecule has 0 bridgehead atoms. The Bertz CT molecular complexity index is 1370. The summed E-state index contributed by atoms with van der Waals surface area (Å²) in [6.07, 6.45) is 0.432. The number of nitrogens with one attached hydrogen (secondary N) is 1. The number of hydrogen-bond donors (Lipinski definition) is 2. The van der Waals surface area contributed by atoms with Gasteiger partial charge in [0.2, 0.25) is 0 Å². The van der Waals surface area contributed by atoms with E-state index in [4.69, 9.17) is 11.6 Å². The molecular weight excluding hydrogens is 473 g/mol. The molecule has 4 aromatic carbocycles. The second kappa shape index (κ2) is 10.8. The van der Waals surface area contributed by atoms with Gasteiger partial charge in [-0.15, -0.1) is 0 Å². The summed E-state index contributed by atoms with van der Waals surface area (Å²) in [5.74, 6) is -0.756. The molecule has 2 N–H and O–H groups in total. The van der Waals surface area contributed by atoms with Crippen LogP contribution < -0.4 is 5.32 Å². The average Bonchev–Trinajstić information content (AvgIpc) is 2.88. The smallest absolute Gasteiger partial charge is 0.252 e. The summed E-state index contributed by atoms with van der Waals surface area (Å²) in [5.41, 5.74) is 3.26. The van der Waals surface area contributed by atoms with Crippen molar-refractivity contribution in [2.24, 2.45) is 0 Å². The van der Waals surface area contributed by atoms with E-state index in [9.17, 15) is 14.3 Å². The summed E-state index contributed by atoms with van der Waals surface area (Å²) in [6, 6.07) is 24.3. The molecule has 0 saturated heterocycles. The molecule has 4 rings (SSSR count). The lowest BCUT2D eigenvalue weighted by Gasteiger charge is -2.26. The van der Waals surface area contributed by atoms with Crippen LogP contribution in [0.15, 0.2) is 84.9 Å². The molecular formula is C31H31ClFNO2. The minimum Gasteiger partial charge on any atom is -0.386 e. The van der Waals surface area contributed by atoms with Crippen molar-refractivity contribution < 1.29 is 14.3 Å². The summed E-state index contributed by atoms with van der Waals surface area (Å²) < 4.78 is 14.3. The zero-order valence-corrected chi connectivity index (χ0v) is 21.5. The molecule has 36 heavy (non-hydrogen) atoms. The first-order chi connectivity index (χ1) is 17.2. The van der Waals surface area contributed by atoms with Crippen molar-refractivity contribution in [3.05, 3.63) is 118 Å². The summed E-state index contributed by atoms with van der Waals surface area (Å²) >= 11 is 6.18. The summed E-state index contributed by atoms with van der Waals surface area (Å²) in [4.78, 5) is 13.4. The van der Waals surface area contributed by atoms with Crippen molar-refractivity contribution in [3.63, 3.8) is 0 Å². The highest BCUT2D eigenvalue weighted by molar-refractivity contribution is 6.30. The number of halogens is 2. The highest BCUT2D eigenvalue weighted by atomic mass is 35.5. The second-order valence-corrected chi connectivity index (χ2v) is 10.3. The second-order valence-electron chi connectivity index (χ2n) is 9.86. The Morgan fingerprint density at radius 2 is 1.67 bits per heavy atom. The molecule has 3 nitrogen and oxygen atoms in total. The van der Waals surface area contributed by atoms with Crippen molar-refractivity contribution in [2.45, 2.75) is 51.2 Å². The lowest BCUT2D eigenvalue weighted by atomic mass is 9.81. The Hall–Kier alpha value is -3.21. The molecule has 0 fully saturated rings. The maximum atomic E-state index is 14.3. The van der Waals surface area contributed by atoms with Gasteiger partial charge in [-0.3, -0.25) is 4.79 Å². The summed E-state index contributed by atoms with van der Waals surface area (Å²) in [5, 5.41) is 15.7. The third-order valence-corrected chi connectivity index (χ3v) is 7.31. The normalized spacial score (nSPS) is 13.4. The van der Waals surface area contributed by atoms with Gasteiger partial charge in [-0.25, -0.2) is 4.39 Å². The van der Waals surface area contributed by atoms with E-state index >= 15 is 0 Å². The topological polar surface area (TPSA) is 49.3 Å². The lowest BCUT2D eigenvalue weighted by molar-refractivity contribution is 0.0834. The monoisotopic (exact) mass is 503 g/mol. The van der Waals surface area contributed by atoms with Crippen molar-refractivity contribution >= 4 is 28.3 Å². The van der Waals surface area contributed by atoms with E-state index < -0.39 is 12.1 Å². The van der Waals surface area contributed by atoms with Crippen molar-refractivity contribution in [3.8, 4) is 0 Å². The van der Waals surface area contributed by atoms with Crippen LogP contribution in [0.1, 0.15) is 60.3 Å². The van der Waals surface area contributed by atoms with Crippen LogP contribution in [0.5, 0.6) is 0 Å². The molecule has 0 aliphatic rings. The molecule has 4 aromatic rings. The Morgan fingerprint density at radius 1 is 0.972 bits per heavy atom. The summed E-state index contributed by atoms with van der Waals surface area (Å²) in [7, 11) is 0. The van der Waals surface area contributed by atoms with Crippen LogP contribution in [0.4, 0.5) is 4.39 Å². The van der Waals surface area contributed by atoms with Crippen LogP contribution in [0, 0.1) is 5.82 Å². The van der Waals surface area contributed by atoms with Crippen LogP contribution in [0.2, 0.25) is 5.02 Å². The van der Waals surface area contributed by atoms with E-state index in [2.05, 4.69) is 38.2 Å². The zero-order valence-electron chi connectivity index (χ0n) is 20.8. The lowest BCUT2D eigenvalue weighted by Crippen LogP contribution is -2.41. The number of aliphatic hydroxyl groups is 1. The quantitative estimate of drug-likeness (QED) is 0.263. The molecule has 0 radical (unpaired) electrons. The molecule has 0 aliphatic heterocycles. The predicted octanol–water partition coefficient (Wildman–Crippen LogP) is 7.39. The SMILES string of the molecule is CCC(C)(C)c1ccc(CC(NC(=O)c2ccc(F)c3ccccc23)C(O)c2cccc(Cl)c2)cc1. The minimum absolute atomic E-state index is 0.0656. The molecule has 0 aliphatic carbocycles. The number of benzene rings is 4. The van der Waals surface area contributed by atoms with Crippen LogP contribution in [-0.2, 0) is 11.8 Å². The maximum absolute atomic E-state index is 14.3. The van der Waals surface area contributed by atoms with E-state index in [0.717, 1.165) is 12.0 Å². The van der Waals surface area contributed by atoms with Gasteiger partial charge in [-0.05, 0) is 64.6 Å². The fraction of sp³-hybridized carbons (Fsp3) is 0.258. The van der Waals surface area contributed by atoms with E-state index in [-0.39, 0.29) is 17.1 Å². The molecule has 2 unspecified atom stereocenters. The molecule has 186 valence electrons. The highest BCUT2D eigenvalue weighted by Crippen LogP contribution is 2.29. The zero-order chi connectivity index (χ0) is 25.9. The molecule has 0 saturated carbocycles. The Kier molecular flexibility index (Phi) is 7.77. The first kappa shape index (κ1) is 25.9. The number of aliphatic hydroxyl groups excluding tert-OH is 1. The number of carbonyl (C=O) groups is 1. The number of amides is 1. The van der Waals surface area contributed by atoms with Gasteiger partial charge in [0.05, 0.1) is 12.1 Å². The van der Waals surface area contributed by atoms with Gasteiger partial charge in [-0.2, -0.15) is 0 Å². The number of rotatable bonds is 8. The number of hydrogen-bond acceptors (Lipinski definition) is 2.